The number of nitrogens with zero attached hydrogens (tertiary/aromatic N) is 1. The quantitative estimate of drug-likeness (QED) is 0.612. The van der Waals surface area contributed by atoms with Crippen LogP contribution in [0.3, 0.4) is 0 Å². The normalized spacial score (nSPS) is 24.2. The van der Waals surface area contributed by atoms with Crippen LogP contribution in [-0.2, 0) is 19.9 Å². The topological polar surface area (TPSA) is 118 Å². The summed E-state index contributed by atoms with van der Waals surface area (Å²) in [4.78, 5) is -0.0168. The molecule has 1 heterocycles. The molecule has 23 heavy (non-hydrogen) atoms. The molecule has 0 aliphatic carbocycles. The van der Waals surface area contributed by atoms with E-state index in [2.05, 4.69) is 31.9 Å². The molecular weight excluding hydrogens is 476 g/mol. The highest BCUT2D eigenvalue weighted by Gasteiger charge is 2.44. The van der Waals surface area contributed by atoms with E-state index in [0.29, 0.717) is 8.95 Å². The van der Waals surface area contributed by atoms with E-state index in [1.165, 1.54) is 6.07 Å². The van der Waals surface area contributed by atoms with Crippen molar-refractivity contribution in [2.75, 3.05) is 24.6 Å². The van der Waals surface area contributed by atoms with E-state index >= 15 is 0 Å². The van der Waals surface area contributed by atoms with Gasteiger partial charge in [-0.2, -0.15) is 4.31 Å². The third-order valence-corrected chi connectivity index (χ3v) is 8.60. The van der Waals surface area contributed by atoms with Crippen LogP contribution in [0.4, 0.5) is 0 Å². The lowest BCUT2D eigenvalue weighted by Gasteiger charge is -2.29. The van der Waals surface area contributed by atoms with Crippen molar-refractivity contribution in [1.82, 2.24) is 4.31 Å². The zero-order chi connectivity index (χ0) is 17.4. The molecule has 0 spiro atoms. The van der Waals surface area contributed by atoms with Crippen LogP contribution in [-0.4, -0.2) is 63.0 Å². The lowest BCUT2D eigenvalue weighted by atomic mass is 10.2. The third-order valence-electron chi connectivity index (χ3n) is 3.49. The monoisotopic (exact) mass is 490 g/mol. The average Bonchev–Trinajstić information content (AvgIpc) is 2.71. The first-order valence-corrected chi connectivity index (χ1v) is 11.5. The molecule has 7 nitrogen and oxygen atoms in total. The minimum absolute atomic E-state index is 0.00806. The molecule has 0 saturated carbocycles. The maximum absolute atomic E-state index is 13.0. The van der Waals surface area contributed by atoms with Gasteiger partial charge in [-0.05, 0) is 34.1 Å². The van der Waals surface area contributed by atoms with Gasteiger partial charge in [0.2, 0.25) is 10.0 Å². The zero-order valence-corrected chi connectivity index (χ0v) is 16.7. The van der Waals surface area contributed by atoms with E-state index in [4.69, 9.17) is 5.73 Å². The molecule has 3 N–H and O–H groups in total. The van der Waals surface area contributed by atoms with Crippen LogP contribution < -0.4 is 5.73 Å². The van der Waals surface area contributed by atoms with Gasteiger partial charge in [-0.1, -0.05) is 15.9 Å². The van der Waals surface area contributed by atoms with E-state index in [0.717, 1.165) is 4.31 Å². The molecule has 1 aliphatic heterocycles. The molecule has 1 saturated heterocycles. The molecule has 0 aromatic heterocycles. The standard InChI is InChI=1S/C12H16Br2N2O5S2/c13-8-1-2-9(14)12(5-8)23(20,21)16(4-3-15)10-6-22(18,19)7-11(10)17/h1-2,5,10-11,17H,3-4,6-7,15H2/t10-,11+/m1/s1. The fourth-order valence-electron chi connectivity index (χ4n) is 2.48. The predicted octanol–water partition coefficient (Wildman–Crippen LogP) is 0.319. The van der Waals surface area contributed by atoms with E-state index < -0.39 is 43.5 Å². The Hall–Kier alpha value is -0.0400. The van der Waals surface area contributed by atoms with E-state index in [-0.39, 0.29) is 18.0 Å². The second kappa shape index (κ2) is 7.06. The van der Waals surface area contributed by atoms with Crippen molar-refractivity contribution in [3.8, 4) is 0 Å². The first-order valence-electron chi connectivity index (χ1n) is 6.64. The Morgan fingerprint density at radius 3 is 2.48 bits per heavy atom. The first-order chi connectivity index (χ1) is 10.6. The largest absolute Gasteiger partial charge is 0.390 e. The van der Waals surface area contributed by atoms with Crippen LogP contribution in [0.1, 0.15) is 0 Å². The Balaban J connectivity index is 2.50. The summed E-state index contributed by atoms with van der Waals surface area (Å²) in [5.74, 6) is -0.868. The fourth-order valence-corrected chi connectivity index (χ4v) is 7.51. The number of nitrogens with two attached hydrogens (primary N) is 1. The van der Waals surface area contributed by atoms with Gasteiger partial charge < -0.3 is 10.8 Å². The SMILES string of the molecule is NCCN([C@@H]1CS(=O)(=O)C[C@@H]1O)S(=O)(=O)c1cc(Br)ccc1Br. The van der Waals surface area contributed by atoms with Gasteiger partial charge >= 0.3 is 0 Å². The number of hydrogen-bond acceptors (Lipinski definition) is 6. The van der Waals surface area contributed by atoms with Gasteiger partial charge in [0.15, 0.2) is 9.84 Å². The highest BCUT2D eigenvalue weighted by molar-refractivity contribution is 9.11. The van der Waals surface area contributed by atoms with Crippen molar-refractivity contribution in [3.63, 3.8) is 0 Å². The van der Waals surface area contributed by atoms with Crippen LogP contribution in [0.5, 0.6) is 0 Å². The minimum atomic E-state index is -4.03. The lowest BCUT2D eigenvalue weighted by molar-refractivity contribution is 0.129. The van der Waals surface area contributed by atoms with Crippen molar-refractivity contribution in [3.05, 3.63) is 27.1 Å². The Morgan fingerprint density at radius 1 is 1.30 bits per heavy atom. The maximum atomic E-state index is 13.0. The van der Waals surface area contributed by atoms with Crippen LogP contribution >= 0.6 is 31.9 Å². The number of hydrogen-bond donors (Lipinski definition) is 2. The summed E-state index contributed by atoms with van der Waals surface area (Å²) in [6.45, 7) is -0.0767. The van der Waals surface area contributed by atoms with Gasteiger partial charge in [0, 0.05) is 22.0 Å². The highest BCUT2D eigenvalue weighted by Crippen LogP contribution is 2.31. The molecule has 1 aromatic carbocycles. The molecule has 1 aliphatic rings. The predicted molar refractivity (Wildman–Crippen MR) is 93.2 cm³/mol. The molecule has 2 rings (SSSR count). The number of sulfonamides is 1. The second-order valence-electron chi connectivity index (χ2n) is 5.19. The molecule has 0 bridgehead atoms. The van der Waals surface area contributed by atoms with E-state index in [1.807, 2.05) is 0 Å². The number of rotatable bonds is 5. The molecular formula is C12H16Br2N2O5S2. The number of aliphatic hydroxyl groups is 1. The Bertz CT molecular complexity index is 798. The molecule has 11 heteroatoms. The summed E-state index contributed by atoms with van der Waals surface area (Å²) >= 11 is 6.41. The zero-order valence-electron chi connectivity index (χ0n) is 11.9. The van der Waals surface area contributed by atoms with Crippen LogP contribution in [0, 0.1) is 0 Å². The molecule has 1 aromatic rings. The number of halogens is 2. The Labute approximate surface area is 152 Å². The fraction of sp³-hybridized carbons (Fsp3) is 0.500. The highest BCUT2D eigenvalue weighted by atomic mass is 79.9. The molecule has 0 radical (unpaired) electrons. The van der Waals surface area contributed by atoms with Crippen LogP contribution in [0.25, 0.3) is 0 Å². The smallest absolute Gasteiger partial charge is 0.244 e. The molecule has 0 unspecified atom stereocenters. The van der Waals surface area contributed by atoms with Gasteiger partial charge in [-0.3, -0.25) is 0 Å². The van der Waals surface area contributed by atoms with Crippen molar-refractivity contribution >= 4 is 51.7 Å². The summed E-state index contributed by atoms with van der Waals surface area (Å²) in [5, 5.41) is 10.0. The Morgan fingerprint density at radius 2 is 1.96 bits per heavy atom. The van der Waals surface area contributed by atoms with Gasteiger partial charge in [0.25, 0.3) is 0 Å². The van der Waals surface area contributed by atoms with Gasteiger partial charge in [0.1, 0.15) is 0 Å². The molecule has 0 amide bonds. The van der Waals surface area contributed by atoms with Crippen LogP contribution in [0.15, 0.2) is 32.0 Å². The van der Waals surface area contributed by atoms with E-state index in [1.54, 1.807) is 12.1 Å². The molecule has 130 valence electrons. The average molecular weight is 492 g/mol. The van der Waals surface area contributed by atoms with Crippen molar-refractivity contribution in [1.29, 1.82) is 0 Å². The minimum Gasteiger partial charge on any atom is -0.390 e. The number of benzene rings is 1. The summed E-state index contributed by atoms with van der Waals surface area (Å²) in [7, 11) is -7.52. The third kappa shape index (κ3) is 4.14. The second-order valence-corrected chi connectivity index (χ2v) is 11.0. The number of sulfone groups is 1. The maximum Gasteiger partial charge on any atom is 0.244 e. The summed E-state index contributed by atoms with van der Waals surface area (Å²) < 4.78 is 51.2. The van der Waals surface area contributed by atoms with Gasteiger partial charge in [0.05, 0.1) is 28.5 Å². The number of aliphatic hydroxyl groups excluding tert-OH is 1. The summed E-state index contributed by atoms with van der Waals surface area (Å²) in [6.07, 6.45) is -1.27. The van der Waals surface area contributed by atoms with Gasteiger partial charge in [-0.15, -0.1) is 0 Å². The Kier molecular flexibility index (Phi) is 5.92. The van der Waals surface area contributed by atoms with Crippen molar-refractivity contribution in [2.45, 2.75) is 17.0 Å². The lowest BCUT2D eigenvalue weighted by Crippen LogP contribution is -2.48. The van der Waals surface area contributed by atoms with Gasteiger partial charge in [-0.25, -0.2) is 16.8 Å². The first kappa shape index (κ1) is 19.3. The molecule has 2 atom stereocenters. The van der Waals surface area contributed by atoms with Crippen LogP contribution in [0.2, 0.25) is 0 Å². The van der Waals surface area contributed by atoms with E-state index in [9.17, 15) is 21.9 Å². The molecule has 1 fully saturated rings. The summed E-state index contributed by atoms with van der Waals surface area (Å²) in [6, 6.07) is 3.61. The van der Waals surface area contributed by atoms with Crippen molar-refractivity contribution in [2.24, 2.45) is 5.73 Å². The summed E-state index contributed by atoms with van der Waals surface area (Å²) in [5.41, 5.74) is 5.49. The van der Waals surface area contributed by atoms with Crippen molar-refractivity contribution < 1.29 is 21.9 Å².